The number of aromatic nitrogens is 2. The van der Waals surface area contributed by atoms with Crippen molar-refractivity contribution in [1.82, 2.24) is 14.9 Å². The molecule has 1 aromatic heterocycles. The third kappa shape index (κ3) is 3.47. The Hall–Kier alpha value is -2.89. The maximum absolute atomic E-state index is 12.7. The van der Waals surface area contributed by atoms with E-state index in [1.54, 1.807) is 32.4 Å². The molecular formula is C19H21N3O3. The molecule has 0 radical (unpaired) electrons. The number of carbonyl (C=O) groups is 1. The molecule has 0 unspecified atom stereocenters. The lowest BCUT2D eigenvalue weighted by atomic mass is 10.1. The van der Waals surface area contributed by atoms with E-state index in [2.05, 4.69) is 23.0 Å². The highest BCUT2D eigenvalue weighted by molar-refractivity contribution is 5.95. The second kappa shape index (κ2) is 7.34. The fourth-order valence-corrected chi connectivity index (χ4v) is 2.83. The average molecular weight is 339 g/mol. The smallest absolute Gasteiger partial charge is 0.254 e. The molecule has 0 N–H and O–H groups in total. The number of ether oxygens (including phenoxy) is 2. The predicted molar refractivity (Wildman–Crippen MR) is 94.8 cm³/mol. The van der Waals surface area contributed by atoms with Crippen molar-refractivity contribution in [1.29, 1.82) is 0 Å². The molecule has 0 fully saturated rings. The normalized spacial score (nSPS) is 16.1. The van der Waals surface area contributed by atoms with Gasteiger partial charge in [-0.1, -0.05) is 31.2 Å². The lowest BCUT2D eigenvalue weighted by Gasteiger charge is -2.23. The largest absolute Gasteiger partial charge is 0.481 e. The molecule has 1 atom stereocenters. The third-order valence-corrected chi connectivity index (χ3v) is 4.23. The highest BCUT2D eigenvalue weighted by Crippen LogP contribution is 2.24. The molecule has 0 bridgehead atoms. The summed E-state index contributed by atoms with van der Waals surface area (Å²) in [6, 6.07) is 9.08. The molecule has 6 nitrogen and oxygen atoms in total. The Bertz CT molecular complexity index is 765. The number of hydrogen-bond acceptors (Lipinski definition) is 5. The first kappa shape index (κ1) is 17.0. The van der Waals surface area contributed by atoms with E-state index in [1.807, 2.05) is 23.1 Å². The maximum Gasteiger partial charge on any atom is 0.254 e. The van der Waals surface area contributed by atoms with Crippen LogP contribution in [0.1, 0.15) is 23.7 Å². The summed E-state index contributed by atoms with van der Waals surface area (Å²) in [7, 11) is 3.09. The van der Waals surface area contributed by atoms with Crippen molar-refractivity contribution in [3.8, 4) is 23.1 Å². The second-order valence-corrected chi connectivity index (χ2v) is 5.71. The lowest BCUT2D eigenvalue weighted by Crippen LogP contribution is -2.35. The van der Waals surface area contributed by atoms with Crippen molar-refractivity contribution in [3.05, 3.63) is 48.0 Å². The van der Waals surface area contributed by atoms with Gasteiger partial charge in [-0.2, -0.15) is 9.97 Å². The van der Waals surface area contributed by atoms with Gasteiger partial charge >= 0.3 is 0 Å². The van der Waals surface area contributed by atoms with Crippen LogP contribution in [0.4, 0.5) is 0 Å². The Morgan fingerprint density at radius 2 is 1.80 bits per heavy atom. The van der Waals surface area contributed by atoms with Crippen LogP contribution in [0.3, 0.4) is 0 Å². The standard InChI is InChI=1S/C19H21N3O3/c1-4-15-6-5-11-22(15)19(23)14-9-7-13(8-10-14)18-20-16(24-2)12-17(21-18)25-3/h5-10,12,15H,4,11H2,1-3H3/t15-/m1/s1. The summed E-state index contributed by atoms with van der Waals surface area (Å²) in [6.45, 7) is 2.74. The average Bonchev–Trinajstić information content (AvgIpc) is 3.15. The Labute approximate surface area is 147 Å². The van der Waals surface area contributed by atoms with Gasteiger partial charge in [0.05, 0.1) is 26.3 Å². The summed E-state index contributed by atoms with van der Waals surface area (Å²) in [5.41, 5.74) is 1.45. The highest BCUT2D eigenvalue weighted by Gasteiger charge is 2.24. The second-order valence-electron chi connectivity index (χ2n) is 5.71. The summed E-state index contributed by atoms with van der Waals surface area (Å²) < 4.78 is 10.3. The van der Waals surface area contributed by atoms with Crippen molar-refractivity contribution in [2.45, 2.75) is 19.4 Å². The summed E-state index contributed by atoms with van der Waals surface area (Å²) in [5.74, 6) is 1.38. The SMILES string of the molecule is CC[C@@H]1C=CCN1C(=O)c1ccc(-c2nc(OC)cc(OC)n2)cc1. The number of benzene rings is 1. The van der Waals surface area contributed by atoms with Crippen molar-refractivity contribution < 1.29 is 14.3 Å². The zero-order valence-corrected chi connectivity index (χ0v) is 14.6. The van der Waals surface area contributed by atoms with E-state index in [9.17, 15) is 4.79 Å². The molecule has 1 aliphatic heterocycles. The zero-order valence-electron chi connectivity index (χ0n) is 14.6. The van der Waals surface area contributed by atoms with Gasteiger partial charge in [-0.25, -0.2) is 0 Å². The number of amides is 1. The minimum absolute atomic E-state index is 0.0348. The van der Waals surface area contributed by atoms with Crippen LogP contribution in [0.15, 0.2) is 42.5 Å². The molecule has 130 valence electrons. The maximum atomic E-state index is 12.7. The predicted octanol–water partition coefficient (Wildman–Crippen LogP) is 2.95. The first-order valence-electron chi connectivity index (χ1n) is 8.21. The zero-order chi connectivity index (χ0) is 17.8. The van der Waals surface area contributed by atoms with Crippen molar-refractivity contribution in [2.24, 2.45) is 0 Å². The van der Waals surface area contributed by atoms with Gasteiger partial charge in [-0.15, -0.1) is 0 Å². The molecule has 0 aliphatic carbocycles. The van der Waals surface area contributed by atoms with Crippen LogP contribution in [0.5, 0.6) is 11.8 Å². The summed E-state index contributed by atoms with van der Waals surface area (Å²) in [6.07, 6.45) is 5.04. The van der Waals surface area contributed by atoms with Crippen molar-refractivity contribution in [2.75, 3.05) is 20.8 Å². The number of rotatable bonds is 5. The van der Waals surface area contributed by atoms with Gasteiger partial charge in [-0.3, -0.25) is 4.79 Å². The Balaban J connectivity index is 1.84. The molecule has 6 heteroatoms. The topological polar surface area (TPSA) is 64.6 Å². The van der Waals surface area contributed by atoms with Crippen LogP contribution in [0, 0.1) is 0 Å². The van der Waals surface area contributed by atoms with Gasteiger partial charge < -0.3 is 14.4 Å². The van der Waals surface area contributed by atoms with E-state index < -0.39 is 0 Å². The number of hydrogen-bond donors (Lipinski definition) is 0. The molecule has 2 aromatic rings. The van der Waals surface area contributed by atoms with E-state index >= 15 is 0 Å². The summed E-state index contributed by atoms with van der Waals surface area (Å²) in [4.78, 5) is 23.2. The Morgan fingerprint density at radius 3 is 2.36 bits per heavy atom. The Kier molecular flexibility index (Phi) is 4.97. The lowest BCUT2D eigenvalue weighted by molar-refractivity contribution is 0.0747. The summed E-state index contributed by atoms with van der Waals surface area (Å²) in [5, 5.41) is 0. The van der Waals surface area contributed by atoms with Crippen molar-refractivity contribution >= 4 is 5.91 Å². The molecule has 0 saturated carbocycles. The Morgan fingerprint density at radius 1 is 1.16 bits per heavy atom. The minimum atomic E-state index is 0.0348. The van der Waals surface area contributed by atoms with Gasteiger partial charge in [0.1, 0.15) is 0 Å². The van der Waals surface area contributed by atoms with Gasteiger partial charge in [-0.05, 0) is 18.6 Å². The van der Waals surface area contributed by atoms with E-state index in [0.29, 0.717) is 29.7 Å². The van der Waals surface area contributed by atoms with Crippen LogP contribution in [0.2, 0.25) is 0 Å². The quantitative estimate of drug-likeness (QED) is 0.784. The monoisotopic (exact) mass is 339 g/mol. The van der Waals surface area contributed by atoms with Crippen molar-refractivity contribution in [3.63, 3.8) is 0 Å². The molecule has 0 spiro atoms. The third-order valence-electron chi connectivity index (χ3n) is 4.23. The first-order chi connectivity index (χ1) is 12.2. The van der Waals surface area contributed by atoms with Crippen LogP contribution >= 0.6 is 0 Å². The molecule has 1 amide bonds. The van der Waals surface area contributed by atoms with Gasteiger partial charge in [0.15, 0.2) is 5.82 Å². The van der Waals surface area contributed by atoms with E-state index in [0.717, 1.165) is 12.0 Å². The van der Waals surface area contributed by atoms with Crippen LogP contribution < -0.4 is 9.47 Å². The highest BCUT2D eigenvalue weighted by atomic mass is 16.5. The van der Waals surface area contributed by atoms with E-state index in [4.69, 9.17) is 9.47 Å². The molecule has 1 aliphatic rings. The molecular weight excluding hydrogens is 318 g/mol. The minimum Gasteiger partial charge on any atom is -0.481 e. The van der Waals surface area contributed by atoms with E-state index in [1.165, 1.54) is 0 Å². The molecule has 3 rings (SSSR count). The number of carbonyl (C=O) groups excluding carboxylic acids is 1. The van der Waals surface area contributed by atoms with Crippen LogP contribution in [0.25, 0.3) is 11.4 Å². The molecule has 2 heterocycles. The molecule has 0 saturated heterocycles. The fourth-order valence-electron chi connectivity index (χ4n) is 2.83. The van der Waals surface area contributed by atoms with Crippen LogP contribution in [-0.4, -0.2) is 47.6 Å². The fraction of sp³-hybridized carbons (Fsp3) is 0.316. The van der Waals surface area contributed by atoms with Gasteiger partial charge in [0.2, 0.25) is 11.8 Å². The number of methoxy groups -OCH3 is 2. The molecule has 25 heavy (non-hydrogen) atoms. The number of nitrogens with zero attached hydrogens (tertiary/aromatic N) is 3. The van der Waals surface area contributed by atoms with Gasteiger partial charge in [0, 0.05) is 17.7 Å². The van der Waals surface area contributed by atoms with E-state index in [-0.39, 0.29) is 11.9 Å². The van der Waals surface area contributed by atoms with Crippen LogP contribution in [-0.2, 0) is 0 Å². The molecule has 1 aromatic carbocycles. The first-order valence-corrected chi connectivity index (χ1v) is 8.21. The van der Waals surface area contributed by atoms with Gasteiger partial charge in [0.25, 0.3) is 5.91 Å². The summed E-state index contributed by atoms with van der Waals surface area (Å²) >= 11 is 0.